The second kappa shape index (κ2) is 5.19. The molecule has 2 unspecified atom stereocenters. The van der Waals surface area contributed by atoms with Crippen molar-refractivity contribution in [3.63, 3.8) is 0 Å². The molecule has 1 heterocycles. The summed E-state index contributed by atoms with van der Waals surface area (Å²) in [6, 6.07) is 10.2. The summed E-state index contributed by atoms with van der Waals surface area (Å²) in [5, 5.41) is 10.2. The average molecular weight is 337 g/mol. The van der Waals surface area contributed by atoms with E-state index < -0.39 is 6.10 Å². The molecule has 0 saturated heterocycles. The molecular weight excluding hydrogens is 323 g/mol. The minimum absolute atomic E-state index is 0.283. The van der Waals surface area contributed by atoms with Crippen LogP contribution in [0.25, 0.3) is 0 Å². The molecule has 0 fully saturated rings. The van der Waals surface area contributed by atoms with Gasteiger partial charge in [-0.2, -0.15) is 0 Å². The van der Waals surface area contributed by atoms with Gasteiger partial charge < -0.3 is 9.84 Å². The Morgan fingerprint density at radius 1 is 1.20 bits per heavy atom. The van der Waals surface area contributed by atoms with E-state index in [0.29, 0.717) is 17.7 Å². The quantitative estimate of drug-likeness (QED) is 0.833. The highest BCUT2D eigenvalue weighted by Gasteiger charge is 2.29. The van der Waals surface area contributed by atoms with E-state index in [1.807, 2.05) is 25.1 Å². The predicted octanol–water partition coefficient (Wildman–Crippen LogP) is 4.45. The normalized spacial score (nSPS) is 21.2. The third-order valence-corrected chi connectivity index (χ3v) is 4.23. The van der Waals surface area contributed by atoms with E-state index in [2.05, 4.69) is 15.9 Å². The van der Waals surface area contributed by atoms with Gasteiger partial charge in [0.2, 0.25) is 0 Å². The van der Waals surface area contributed by atoms with Crippen LogP contribution in [0.3, 0.4) is 0 Å². The SMILES string of the molecule is Cc1ccc(C2CC(O)c3ccc(F)cc3O2)c(Br)c1. The third kappa shape index (κ3) is 2.45. The number of aryl methyl sites for hydroxylation is 1. The Balaban J connectivity index is 1.98. The lowest BCUT2D eigenvalue weighted by molar-refractivity contribution is 0.0650. The molecule has 3 rings (SSSR count). The molecule has 104 valence electrons. The Morgan fingerprint density at radius 3 is 2.70 bits per heavy atom. The smallest absolute Gasteiger partial charge is 0.128 e. The topological polar surface area (TPSA) is 29.5 Å². The van der Waals surface area contributed by atoms with Crippen LogP contribution < -0.4 is 4.74 Å². The van der Waals surface area contributed by atoms with Crippen molar-refractivity contribution in [2.75, 3.05) is 0 Å². The van der Waals surface area contributed by atoms with Gasteiger partial charge in [0.15, 0.2) is 0 Å². The Kier molecular flexibility index (Phi) is 3.52. The Hall–Kier alpha value is -1.39. The highest BCUT2D eigenvalue weighted by atomic mass is 79.9. The molecule has 1 N–H and O–H groups in total. The molecule has 2 atom stereocenters. The summed E-state index contributed by atoms with van der Waals surface area (Å²) >= 11 is 3.52. The molecule has 0 aliphatic carbocycles. The van der Waals surface area contributed by atoms with Crippen molar-refractivity contribution in [1.29, 1.82) is 0 Å². The minimum atomic E-state index is -0.641. The molecule has 0 amide bonds. The van der Waals surface area contributed by atoms with Gasteiger partial charge in [-0.1, -0.05) is 28.1 Å². The van der Waals surface area contributed by atoms with Crippen molar-refractivity contribution in [2.45, 2.75) is 25.6 Å². The molecule has 20 heavy (non-hydrogen) atoms. The van der Waals surface area contributed by atoms with Crippen LogP contribution in [0.2, 0.25) is 0 Å². The first kappa shape index (κ1) is 13.6. The number of hydrogen-bond donors (Lipinski definition) is 1. The van der Waals surface area contributed by atoms with Gasteiger partial charge in [-0.3, -0.25) is 0 Å². The zero-order valence-corrected chi connectivity index (χ0v) is 12.5. The summed E-state index contributed by atoms with van der Waals surface area (Å²) in [6.07, 6.45) is -0.466. The second-order valence-corrected chi connectivity index (χ2v) is 5.92. The number of hydrogen-bond acceptors (Lipinski definition) is 2. The average Bonchev–Trinajstić information content (AvgIpc) is 2.37. The van der Waals surface area contributed by atoms with Crippen molar-refractivity contribution in [3.05, 3.63) is 63.4 Å². The monoisotopic (exact) mass is 336 g/mol. The number of rotatable bonds is 1. The van der Waals surface area contributed by atoms with E-state index in [9.17, 15) is 9.50 Å². The predicted molar refractivity (Wildman–Crippen MR) is 78.2 cm³/mol. The summed E-state index contributed by atoms with van der Waals surface area (Å²) in [6.45, 7) is 2.01. The molecule has 2 aromatic carbocycles. The molecule has 2 nitrogen and oxygen atoms in total. The van der Waals surface area contributed by atoms with Crippen LogP contribution in [0.1, 0.15) is 35.3 Å². The lowest BCUT2D eigenvalue weighted by atomic mass is 9.94. The molecule has 1 aliphatic rings. The van der Waals surface area contributed by atoms with Crippen LogP contribution in [0.15, 0.2) is 40.9 Å². The fourth-order valence-electron chi connectivity index (χ4n) is 2.50. The van der Waals surface area contributed by atoms with Gasteiger partial charge in [-0.05, 0) is 30.7 Å². The second-order valence-electron chi connectivity index (χ2n) is 5.07. The maximum atomic E-state index is 13.3. The molecule has 0 aromatic heterocycles. The lowest BCUT2D eigenvalue weighted by Crippen LogP contribution is -2.19. The molecule has 0 radical (unpaired) electrons. The molecule has 0 spiro atoms. The van der Waals surface area contributed by atoms with E-state index in [1.54, 1.807) is 6.07 Å². The van der Waals surface area contributed by atoms with Gasteiger partial charge in [0.1, 0.15) is 17.7 Å². The Labute approximate surface area is 125 Å². The minimum Gasteiger partial charge on any atom is -0.485 e. The molecule has 0 bridgehead atoms. The van der Waals surface area contributed by atoms with Crippen molar-refractivity contribution in [1.82, 2.24) is 0 Å². The molecule has 1 aliphatic heterocycles. The molecule has 2 aromatic rings. The number of fused-ring (bicyclic) bond motifs is 1. The van der Waals surface area contributed by atoms with E-state index in [1.165, 1.54) is 12.1 Å². The fourth-order valence-corrected chi connectivity index (χ4v) is 3.25. The number of aliphatic hydroxyl groups excluding tert-OH is 1. The van der Waals surface area contributed by atoms with Gasteiger partial charge in [-0.15, -0.1) is 0 Å². The largest absolute Gasteiger partial charge is 0.485 e. The Morgan fingerprint density at radius 2 is 1.95 bits per heavy atom. The van der Waals surface area contributed by atoms with Gasteiger partial charge in [0.05, 0.1) is 6.10 Å². The van der Waals surface area contributed by atoms with Crippen molar-refractivity contribution >= 4 is 15.9 Å². The van der Waals surface area contributed by atoms with Crippen LogP contribution in [-0.2, 0) is 0 Å². The zero-order chi connectivity index (χ0) is 14.3. The van der Waals surface area contributed by atoms with E-state index >= 15 is 0 Å². The summed E-state index contributed by atoms with van der Waals surface area (Å²) in [7, 11) is 0. The number of ether oxygens (including phenoxy) is 1. The van der Waals surface area contributed by atoms with Crippen LogP contribution in [0.4, 0.5) is 4.39 Å². The summed E-state index contributed by atoms with van der Waals surface area (Å²) in [5.41, 5.74) is 2.75. The van der Waals surface area contributed by atoms with Crippen LogP contribution >= 0.6 is 15.9 Å². The first-order valence-corrected chi connectivity index (χ1v) is 7.24. The Bertz CT molecular complexity index is 657. The van der Waals surface area contributed by atoms with Gasteiger partial charge in [0, 0.05) is 28.1 Å². The van der Waals surface area contributed by atoms with Gasteiger partial charge >= 0.3 is 0 Å². The highest BCUT2D eigenvalue weighted by molar-refractivity contribution is 9.10. The van der Waals surface area contributed by atoms with E-state index in [0.717, 1.165) is 15.6 Å². The zero-order valence-electron chi connectivity index (χ0n) is 10.9. The maximum Gasteiger partial charge on any atom is 0.128 e. The fraction of sp³-hybridized carbons (Fsp3) is 0.250. The third-order valence-electron chi connectivity index (χ3n) is 3.54. The molecule has 0 saturated carbocycles. The lowest BCUT2D eigenvalue weighted by Gasteiger charge is -2.30. The summed E-state index contributed by atoms with van der Waals surface area (Å²) < 4.78 is 20.1. The van der Waals surface area contributed by atoms with E-state index in [4.69, 9.17) is 4.74 Å². The van der Waals surface area contributed by atoms with Crippen molar-refractivity contribution < 1.29 is 14.2 Å². The van der Waals surface area contributed by atoms with Gasteiger partial charge in [0.25, 0.3) is 0 Å². The summed E-state index contributed by atoms with van der Waals surface area (Å²) in [5.74, 6) is 0.0563. The molecular formula is C16H14BrFO2. The van der Waals surface area contributed by atoms with Crippen molar-refractivity contribution in [2.24, 2.45) is 0 Å². The van der Waals surface area contributed by atoms with Crippen molar-refractivity contribution in [3.8, 4) is 5.75 Å². The van der Waals surface area contributed by atoms with Crippen LogP contribution in [0.5, 0.6) is 5.75 Å². The summed E-state index contributed by atoms with van der Waals surface area (Å²) in [4.78, 5) is 0. The standard InChI is InChI=1S/C16H14BrFO2/c1-9-2-4-11(13(17)6-9)16-8-14(19)12-5-3-10(18)7-15(12)20-16/h2-7,14,16,19H,8H2,1H3. The number of aliphatic hydroxyl groups is 1. The number of benzene rings is 2. The first-order chi connectivity index (χ1) is 9.54. The highest BCUT2D eigenvalue weighted by Crippen LogP contribution is 2.42. The molecule has 4 heteroatoms. The van der Waals surface area contributed by atoms with Crippen LogP contribution in [-0.4, -0.2) is 5.11 Å². The van der Waals surface area contributed by atoms with E-state index in [-0.39, 0.29) is 11.9 Å². The maximum absolute atomic E-state index is 13.3. The number of halogens is 2. The first-order valence-electron chi connectivity index (χ1n) is 6.45. The van der Waals surface area contributed by atoms with Crippen LogP contribution in [0, 0.1) is 12.7 Å². The van der Waals surface area contributed by atoms with Gasteiger partial charge in [-0.25, -0.2) is 4.39 Å².